The van der Waals surface area contributed by atoms with Gasteiger partial charge in [0.2, 0.25) is 11.8 Å². The van der Waals surface area contributed by atoms with Gasteiger partial charge in [0.1, 0.15) is 5.75 Å². The summed E-state index contributed by atoms with van der Waals surface area (Å²) in [4.78, 5) is 23.1. The van der Waals surface area contributed by atoms with Gasteiger partial charge in [0, 0.05) is 29.7 Å². The van der Waals surface area contributed by atoms with Gasteiger partial charge in [-0.3, -0.25) is 9.59 Å². The Kier molecular flexibility index (Phi) is 6.84. The molecule has 0 radical (unpaired) electrons. The highest BCUT2D eigenvalue weighted by Crippen LogP contribution is 2.21. The molecule has 0 saturated heterocycles. The first-order valence-corrected chi connectivity index (χ1v) is 9.31. The molecule has 6 nitrogen and oxygen atoms in total. The Balaban J connectivity index is 1.45. The lowest BCUT2D eigenvalue weighted by Crippen LogP contribution is -2.15. The molecule has 3 rings (SSSR count). The molecule has 29 heavy (non-hydrogen) atoms. The van der Waals surface area contributed by atoms with E-state index in [1.807, 2.05) is 78.9 Å². The Labute approximate surface area is 169 Å². The fourth-order valence-corrected chi connectivity index (χ4v) is 2.65. The molecule has 3 N–H and O–H groups in total. The number of hydrogen-bond acceptors (Lipinski definition) is 4. The molecule has 3 aromatic rings. The van der Waals surface area contributed by atoms with Crippen molar-refractivity contribution in [1.82, 2.24) is 0 Å². The van der Waals surface area contributed by atoms with Crippen molar-refractivity contribution < 1.29 is 14.3 Å². The van der Waals surface area contributed by atoms with Crippen LogP contribution in [-0.2, 0) is 9.59 Å². The third-order valence-corrected chi connectivity index (χ3v) is 4.00. The van der Waals surface area contributed by atoms with Crippen LogP contribution >= 0.6 is 0 Å². The molecule has 148 valence electrons. The molecule has 0 unspecified atom stereocenters. The average Bonchev–Trinajstić information content (AvgIpc) is 2.71. The van der Waals surface area contributed by atoms with Crippen molar-refractivity contribution in [2.45, 2.75) is 13.3 Å². The fraction of sp³-hybridized carbons (Fsp3) is 0.130. The topological polar surface area (TPSA) is 79.5 Å². The SMILES string of the molecule is CC(=O)Nc1ccc(Nc2ccc(NC(=O)CCOc3ccccc3)cc2)cc1. The summed E-state index contributed by atoms with van der Waals surface area (Å²) in [5, 5.41) is 8.86. The lowest BCUT2D eigenvalue weighted by molar-refractivity contribution is -0.116. The predicted molar refractivity (Wildman–Crippen MR) is 116 cm³/mol. The lowest BCUT2D eigenvalue weighted by Gasteiger charge is -2.10. The summed E-state index contributed by atoms with van der Waals surface area (Å²) in [7, 11) is 0. The van der Waals surface area contributed by atoms with Crippen LogP contribution in [0, 0.1) is 0 Å². The largest absolute Gasteiger partial charge is 0.493 e. The van der Waals surface area contributed by atoms with E-state index in [0.717, 1.165) is 28.5 Å². The lowest BCUT2D eigenvalue weighted by atomic mass is 10.2. The van der Waals surface area contributed by atoms with Gasteiger partial charge in [0.05, 0.1) is 13.0 Å². The monoisotopic (exact) mass is 389 g/mol. The van der Waals surface area contributed by atoms with Gasteiger partial charge in [0.25, 0.3) is 0 Å². The normalized spacial score (nSPS) is 10.1. The molecule has 0 aromatic heterocycles. The first-order chi connectivity index (χ1) is 14.1. The molecule has 0 heterocycles. The highest BCUT2D eigenvalue weighted by Gasteiger charge is 2.04. The number of ether oxygens (including phenoxy) is 1. The third kappa shape index (κ3) is 6.70. The van der Waals surface area contributed by atoms with E-state index in [9.17, 15) is 9.59 Å². The summed E-state index contributed by atoms with van der Waals surface area (Å²) < 4.78 is 5.54. The number of nitrogens with one attached hydrogen (secondary N) is 3. The van der Waals surface area contributed by atoms with Crippen LogP contribution in [-0.4, -0.2) is 18.4 Å². The molecule has 0 aliphatic rings. The number of amides is 2. The summed E-state index contributed by atoms with van der Waals surface area (Å²) in [5.74, 6) is 0.547. The van der Waals surface area contributed by atoms with E-state index in [2.05, 4.69) is 16.0 Å². The molecule has 0 aliphatic carbocycles. The molecule has 0 saturated carbocycles. The van der Waals surface area contributed by atoms with Gasteiger partial charge < -0.3 is 20.7 Å². The van der Waals surface area contributed by atoms with Crippen molar-refractivity contribution in [1.29, 1.82) is 0 Å². The Bertz CT molecular complexity index is 939. The molecule has 0 bridgehead atoms. The van der Waals surface area contributed by atoms with Crippen molar-refractivity contribution >= 4 is 34.6 Å². The van der Waals surface area contributed by atoms with Crippen molar-refractivity contribution in [3.05, 3.63) is 78.9 Å². The van der Waals surface area contributed by atoms with E-state index >= 15 is 0 Å². The fourth-order valence-electron chi connectivity index (χ4n) is 2.65. The minimum atomic E-state index is -0.102. The zero-order valence-corrected chi connectivity index (χ0v) is 16.1. The Morgan fingerprint density at radius 3 is 1.79 bits per heavy atom. The standard InChI is InChI=1S/C23H23N3O3/c1-17(27)24-18-7-9-19(10-8-18)25-20-11-13-21(14-12-20)26-23(28)15-16-29-22-5-3-2-4-6-22/h2-14,25H,15-16H2,1H3,(H,24,27)(H,26,28). The molecule has 2 amide bonds. The number of para-hydroxylation sites is 1. The second-order valence-corrected chi connectivity index (χ2v) is 6.42. The number of carbonyl (C=O) groups excluding carboxylic acids is 2. The molecular formula is C23H23N3O3. The summed E-state index contributed by atoms with van der Waals surface area (Å²) in [6.45, 7) is 1.80. The van der Waals surface area contributed by atoms with Gasteiger partial charge in [-0.15, -0.1) is 0 Å². The van der Waals surface area contributed by atoms with Crippen LogP contribution in [0.25, 0.3) is 0 Å². The number of carbonyl (C=O) groups is 2. The quantitative estimate of drug-likeness (QED) is 0.517. The van der Waals surface area contributed by atoms with Gasteiger partial charge in [-0.1, -0.05) is 18.2 Å². The van der Waals surface area contributed by atoms with Crippen LogP contribution in [0.4, 0.5) is 22.7 Å². The maximum absolute atomic E-state index is 12.1. The van der Waals surface area contributed by atoms with Gasteiger partial charge in [-0.25, -0.2) is 0 Å². The van der Waals surface area contributed by atoms with Gasteiger partial charge >= 0.3 is 0 Å². The molecule has 0 aliphatic heterocycles. The Morgan fingerprint density at radius 2 is 1.24 bits per heavy atom. The highest BCUT2D eigenvalue weighted by molar-refractivity contribution is 5.91. The number of anilines is 4. The maximum Gasteiger partial charge on any atom is 0.227 e. The van der Waals surface area contributed by atoms with Crippen molar-refractivity contribution in [3.63, 3.8) is 0 Å². The third-order valence-electron chi connectivity index (χ3n) is 4.00. The van der Waals surface area contributed by atoms with E-state index in [0.29, 0.717) is 6.61 Å². The summed E-state index contributed by atoms with van der Waals surface area (Å²) in [5.41, 5.74) is 3.26. The Hall–Kier alpha value is -3.80. The molecule has 6 heteroatoms. The number of hydrogen-bond donors (Lipinski definition) is 3. The minimum Gasteiger partial charge on any atom is -0.493 e. The van der Waals surface area contributed by atoms with Crippen molar-refractivity contribution in [3.8, 4) is 5.75 Å². The highest BCUT2D eigenvalue weighted by atomic mass is 16.5. The van der Waals surface area contributed by atoms with E-state index in [1.54, 1.807) is 0 Å². The average molecular weight is 389 g/mol. The van der Waals surface area contributed by atoms with Gasteiger partial charge in [-0.2, -0.15) is 0 Å². The first kappa shape index (κ1) is 19.9. The van der Waals surface area contributed by atoms with Crippen molar-refractivity contribution in [2.75, 3.05) is 22.6 Å². The van der Waals surface area contributed by atoms with Crippen LogP contribution in [0.1, 0.15) is 13.3 Å². The molecule has 3 aromatic carbocycles. The summed E-state index contributed by atoms with van der Waals surface area (Å²) in [6.07, 6.45) is 0.273. The molecule has 0 spiro atoms. The van der Waals surface area contributed by atoms with E-state index in [1.165, 1.54) is 6.92 Å². The summed E-state index contributed by atoms with van der Waals surface area (Å²) in [6, 6.07) is 24.3. The maximum atomic E-state index is 12.1. The minimum absolute atomic E-state index is 0.102. The van der Waals surface area contributed by atoms with Crippen LogP contribution < -0.4 is 20.7 Å². The van der Waals surface area contributed by atoms with Gasteiger partial charge in [0.15, 0.2) is 0 Å². The molecular weight excluding hydrogens is 366 g/mol. The second-order valence-electron chi connectivity index (χ2n) is 6.42. The van der Waals surface area contributed by atoms with Crippen LogP contribution in [0.2, 0.25) is 0 Å². The van der Waals surface area contributed by atoms with Gasteiger partial charge in [-0.05, 0) is 60.7 Å². The molecule has 0 fully saturated rings. The van der Waals surface area contributed by atoms with Crippen LogP contribution in [0.15, 0.2) is 78.9 Å². The van der Waals surface area contributed by atoms with Crippen molar-refractivity contribution in [2.24, 2.45) is 0 Å². The zero-order chi connectivity index (χ0) is 20.5. The first-order valence-electron chi connectivity index (χ1n) is 9.31. The number of rotatable bonds is 8. The Morgan fingerprint density at radius 1 is 0.724 bits per heavy atom. The molecule has 0 atom stereocenters. The smallest absolute Gasteiger partial charge is 0.227 e. The zero-order valence-electron chi connectivity index (χ0n) is 16.1. The second kappa shape index (κ2) is 9.94. The van der Waals surface area contributed by atoms with E-state index in [-0.39, 0.29) is 18.2 Å². The van der Waals surface area contributed by atoms with Crippen LogP contribution in [0.3, 0.4) is 0 Å². The van der Waals surface area contributed by atoms with E-state index < -0.39 is 0 Å². The van der Waals surface area contributed by atoms with E-state index in [4.69, 9.17) is 4.74 Å². The van der Waals surface area contributed by atoms with Crippen LogP contribution in [0.5, 0.6) is 5.75 Å². The summed E-state index contributed by atoms with van der Waals surface area (Å²) >= 11 is 0. The predicted octanol–water partition coefficient (Wildman–Crippen LogP) is 4.80. The number of benzene rings is 3.